The van der Waals surface area contributed by atoms with Crippen molar-refractivity contribution in [1.82, 2.24) is 5.32 Å². The molecule has 1 aliphatic rings. The standard InChI is InChI=1S/C12H21NO4/c14-8-3-1-2-7-13-11(15)9-5-4-6-10(9)12(16)17/h9-10,14H,1-8H2,(H,13,15)(H,16,17). The predicted octanol–water partition coefficient (Wildman–Crippen LogP) is 0.766. The van der Waals surface area contributed by atoms with Gasteiger partial charge in [-0.3, -0.25) is 9.59 Å². The van der Waals surface area contributed by atoms with Crippen LogP contribution in [0.15, 0.2) is 0 Å². The zero-order chi connectivity index (χ0) is 12.7. The van der Waals surface area contributed by atoms with Gasteiger partial charge in [-0.25, -0.2) is 0 Å². The Hall–Kier alpha value is -1.10. The molecule has 2 unspecified atom stereocenters. The molecule has 5 nitrogen and oxygen atoms in total. The highest BCUT2D eigenvalue weighted by atomic mass is 16.4. The zero-order valence-electron chi connectivity index (χ0n) is 10.0. The maximum atomic E-state index is 11.8. The quantitative estimate of drug-likeness (QED) is 0.576. The van der Waals surface area contributed by atoms with E-state index < -0.39 is 11.9 Å². The second-order valence-electron chi connectivity index (χ2n) is 4.56. The Morgan fingerprint density at radius 1 is 1.12 bits per heavy atom. The van der Waals surface area contributed by atoms with Crippen LogP contribution in [-0.2, 0) is 9.59 Å². The Bertz CT molecular complexity index is 267. The SMILES string of the molecule is O=C(O)C1CCCC1C(=O)NCCCCCO. The second kappa shape index (κ2) is 7.27. The van der Waals surface area contributed by atoms with Gasteiger partial charge in [-0.1, -0.05) is 6.42 Å². The highest BCUT2D eigenvalue weighted by molar-refractivity contribution is 5.85. The molecule has 1 amide bonds. The maximum Gasteiger partial charge on any atom is 0.307 e. The van der Waals surface area contributed by atoms with Crippen LogP contribution in [0.3, 0.4) is 0 Å². The van der Waals surface area contributed by atoms with E-state index in [9.17, 15) is 9.59 Å². The Morgan fingerprint density at radius 3 is 2.47 bits per heavy atom. The first-order valence-corrected chi connectivity index (χ1v) is 6.28. The Labute approximate surface area is 101 Å². The fraction of sp³-hybridized carbons (Fsp3) is 0.833. The van der Waals surface area contributed by atoms with Gasteiger partial charge in [0.05, 0.1) is 11.8 Å². The van der Waals surface area contributed by atoms with Crippen LogP contribution < -0.4 is 5.32 Å². The van der Waals surface area contributed by atoms with Gasteiger partial charge in [0.1, 0.15) is 0 Å². The summed E-state index contributed by atoms with van der Waals surface area (Å²) in [5, 5.41) is 20.3. The first kappa shape index (κ1) is 14.0. The summed E-state index contributed by atoms with van der Waals surface area (Å²) in [5.74, 6) is -1.85. The summed E-state index contributed by atoms with van der Waals surface area (Å²) in [6.07, 6.45) is 4.56. The first-order chi connectivity index (χ1) is 8.16. The predicted molar refractivity (Wildman–Crippen MR) is 62.4 cm³/mol. The number of carboxylic acid groups (broad SMARTS) is 1. The van der Waals surface area contributed by atoms with Gasteiger partial charge < -0.3 is 15.5 Å². The molecule has 1 aliphatic carbocycles. The van der Waals surface area contributed by atoms with Crippen molar-refractivity contribution < 1.29 is 19.8 Å². The van der Waals surface area contributed by atoms with Crippen LogP contribution in [-0.4, -0.2) is 35.2 Å². The van der Waals surface area contributed by atoms with Crippen molar-refractivity contribution in [2.75, 3.05) is 13.2 Å². The molecule has 0 spiro atoms. The number of carboxylic acids is 1. The Morgan fingerprint density at radius 2 is 1.82 bits per heavy atom. The van der Waals surface area contributed by atoms with Gasteiger partial charge in [-0.2, -0.15) is 0 Å². The number of amides is 1. The van der Waals surface area contributed by atoms with Crippen LogP contribution in [0.2, 0.25) is 0 Å². The molecule has 0 aromatic carbocycles. The Balaban J connectivity index is 2.25. The topological polar surface area (TPSA) is 86.6 Å². The van der Waals surface area contributed by atoms with E-state index in [1.165, 1.54) is 0 Å². The van der Waals surface area contributed by atoms with Crippen molar-refractivity contribution in [3.63, 3.8) is 0 Å². The zero-order valence-corrected chi connectivity index (χ0v) is 10.0. The van der Waals surface area contributed by atoms with Gasteiger partial charge in [-0.15, -0.1) is 0 Å². The third-order valence-electron chi connectivity index (χ3n) is 3.30. The lowest BCUT2D eigenvalue weighted by atomic mass is 9.95. The molecule has 17 heavy (non-hydrogen) atoms. The van der Waals surface area contributed by atoms with Crippen molar-refractivity contribution in [2.24, 2.45) is 11.8 Å². The normalized spacial score (nSPS) is 23.6. The van der Waals surface area contributed by atoms with Crippen molar-refractivity contribution in [3.05, 3.63) is 0 Å². The van der Waals surface area contributed by atoms with E-state index in [-0.39, 0.29) is 18.4 Å². The molecular weight excluding hydrogens is 222 g/mol. The molecule has 3 N–H and O–H groups in total. The first-order valence-electron chi connectivity index (χ1n) is 6.28. The summed E-state index contributed by atoms with van der Waals surface area (Å²) in [6, 6.07) is 0. The minimum Gasteiger partial charge on any atom is -0.481 e. The molecule has 0 bridgehead atoms. The number of carbonyl (C=O) groups excluding carboxylic acids is 1. The number of hydrogen-bond donors (Lipinski definition) is 3. The number of aliphatic carboxylic acids is 1. The molecule has 1 fully saturated rings. The average molecular weight is 243 g/mol. The third-order valence-corrected chi connectivity index (χ3v) is 3.30. The van der Waals surface area contributed by atoms with Gasteiger partial charge in [0.25, 0.3) is 0 Å². The molecule has 1 rings (SSSR count). The van der Waals surface area contributed by atoms with Crippen molar-refractivity contribution >= 4 is 11.9 Å². The second-order valence-corrected chi connectivity index (χ2v) is 4.56. The van der Waals surface area contributed by atoms with Gasteiger partial charge >= 0.3 is 5.97 Å². The van der Waals surface area contributed by atoms with E-state index in [2.05, 4.69) is 5.32 Å². The summed E-state index contributed by atoms with van der Waals surface area (Å²) in [4.78, 5) is 22.7. The molecule has 0 heterocycles. The summed E-state index contributed by atoms with van der Waals surface area (Å²) in [7, 11) is 0. The minimum atomic E-state index is -0.858. The molecule has 0 radical (unpaired) electrons. The summed E-state index contributed by atoms with van der Waals surface area (Å²) in [5.41, 5.74) is 0. The maximum absolute atomic E-state index is 11.8. The van der Waals surface area contributed by atoms with E-state index in [0.717, 1.165) is 25.7 Å². The number of carbonyl (C=O) groups is 2. The molecule has 98 valence electrons. The van der Waals surface area contributed by atoms with Crippen LogP contribution in [0.1, 0.15) is 38.5 Å². The number of aliphatic hydroxyl groups excluding tert-OH is 1. The highest BCUT2D eigenvalue weighted by Gasteiger charge is 2.37. The van der Waals surface area contributed by atoms with Crippen molar-refractivity contribution in [3.8, 4) is 0 Å². The van der Waals surface area contributed by atoms with E-state index >= 15 is 0 Å². The lowest BCUT2D eigenvalue weighted by Gasteiger charge is -2.15. The van der Waals surface area contributed by atoms with Crippen molar-refractivity contribution in [1.29, 1.82) is 0 Å². The number of nitrogens with one attached hydrogen (secondary N) is 1. The molecule has 0 saturated heterocycles. The summed E-state index contributed by atoms with van der Waals surface area (Å²) >= 11 is 0. The Kier molecular flexibility index (Phi) is 5.97. The smallest absolute Gasteiger partial charge is 0.307 e. The monoisotopic (exact) mass is 243 g/mol. The number of hydrogen-bond acceptors (Lipinski definition) is 3. The van der Waals surface area contributed by atoms with Crippen LogP contribution >= 0.6 is 0 Å². The highest BCUT2D eigenvalue weighted by Crippen LogP contribution is 2.31. The van der Waals surface area contributed by atoms with Crippen LogP contribution in [0, 0.1) is 11.8 Å². The van der Waals surface area contributed by atoms with Gasteiger partial charge in [0.2, 0.25) is 5.91 Å². The molecule has 1 saturated carbocycles. The van der Waals surface area contributed by atoms with Crippen LogP contribution in [0.4, 0.5) is 0 Å². The van der Waals surface area contributed by atoms with Gasteiger partial charge in [-0.05, 0) is 32.1 Å². The number of aliphatic hydroxyl groups is 1. The lowest BCUT2D eigenvalue weighted by molar-refractivity contribution is -0.146. The van der Waals surface area contributed by atoms with E-state index in [0.29, 0.717) is 19.4 Å². The summed E-state index contributed by atoms with van der Waals surface area (Å²) < 4.78 is 0. The lowest BCUT2D eigenvalue weighted by Crippen LogP contribution is -2.35. The molecule has 0 aliphatic heterocycles. The number of unbranched alkanes of at least 4 members (excludes halogenated alkanes) is 2. The fourth-order valence-electron chi connectivity index (χ4n) is 2.33. The largest absolute Gasteiger partial charge is 0.481 e. The number of rotatable bonds is 7. The molecule has 5 heteroatoms. The molecule has 2 atom stereocenters. The minimum absolute atomic E-state index is 0.126. The van der Waals surface area contributed by atoms with Crippen molar-refractivity contribution in [2.45, 2.75) is 38.5 Å². The van der Waals surface area contributed by atoms with E-state index in [1.54, 1.807) is 0 Å². The molecule has 0 aromatic rings. The third kappa shape index (κ3) is 4.34. The van der Waals surface area contributed by atoms with Crippen LogP contribution in [0.25, 0.3) is 0 Å². The average Bonchev–Trinajstić information content (AvgIpc) is 2.77. The fourth-order valence-corrected chi connectivity index (χ4v) is 2.33. The summed E-state index contributed by atoms with van der Waals surface area (Å²) in [6.45, 7) is 0.749. The van der Waals surface area contributed by atoms with Gasteiger partial charge in [0.15, 0.2) is 0 Å². The van der Waals surface area contributed by atoms with Gasteiger partial charge in [0, 0.05) is 13.2 Å². The van der Waals surface area contributed by atoms with E-state index in [4.69, 9.17) is 10.2 Å². The molecular formula is C12H21NO4. The van der Waals surface area contributed by atoms with E-state index in [1.807, 2.05) is 0 Å². The van der Waals surface area contributed by atoms with Crippen LogP contribution in [0.5, 0.6) is 0 Å². The molecule has 0 aromatic heterocycles.